The van der Waals surface area contributed by atoms with Crippen LogP contribution in [0.5, 0.6) is 0 Å². The summed E-state index contributed by atoms with van der Waals surface area (Å²) < 4.78 is 0. The lowest BCUT2D eigenvalue weighted by Gasteiger charge is -2.31. The molecule has 1 aromatic carbocycles. The molecule has 1 amide bonds. The van der Waals surface area contributed by atoms with Crippen LogP contribution in [0.2, 0.25) is 0 Å². The Kier molecular flexibility index (Phi) is 5.08. The highest BCUT2D eigenvalue weighted by atomic mass is 16.1. The zero-order valence-corrected chi connectivity index (χ0v) is 14.3. The van der Waals surface area contributed by atoms with Gasteiger partial charge in [0.1, 0.15) is 11.5 Å². The Morgan fingerprint density at radius 3 is 2.71 bits per heavy atom. The molecular weight excluding hydrogens is 300 g/mol. The van der Waals surface area contributed by atoms with Gasteiger partial charge >= 0.3 is 0 Å². The summed E-state index contributed by atoms with van der Waals surface area (Å²) in [6.07, 6.45) is 5.73. The second-order valence-corrected chi connectivity index (χ2v) is 6.56. The van der Waals surface area contributed by atoms with Gasteiger partial charge in [0.05, 0.1) is 18.4 Å². The Labute approximate surface area is 143 Å². The number of anilines is 1. The van der Waals surface area contributed by atoms with E-state index in [1.807, 2.05) is 37.3 Å². The quantitative estimate of drug-likeness (QED) is 0.938. The minimum atomic E-state index is -0.197. The Balaban J connectivity index is 1.63. The van der Waals surface area contributed by atoms with E-state index >= 15 is 0 Å². The number of hydrogen-bond acceptors (Lipinski definition) is 4. The standard InChI is InChI=1S/C19H24N4O/c1-14-7-6-10-23(13-14)18-12-20-17(11-21-18)19(24)22-15(2)16-8-4-3-5-9-16/h3-5,8-9,11-12,14-15H,6-7,10,13H2,1-2H3,(H,22,24). The number of benzene rings is 1. The van der Waals surface area contributed by atoms with Crippen LogP contribution < -0.4 is 10.2 Å². The zero-order valence-electron chi connectivity index (χ0n) is 14.3. The van der Waals surface area contributed by atoms with Crippen LogP contribution in [0.15, 0.2) is 42.7 Å². The highest BCUT2D eigenvalue weighted by molar-refractivity contribution is 5.92. The minimum Gasteiger partial charge on any atom is -0.355 e. The van der Waals surface area contributed by atoms with Crippen LogP contribution in [0.1, 0.15) is 48.8 Å². The van der Waals surface area contributed by atoms with E-state index in [0.29, 0.717) is 11.6 Å². The van der Waals surface area contributed by atoms with Crippen LogP contribution in [0, 0.1) is 5.92 Å². The molecule has 5 nitrogen and oxygen atoms in total. The Morgan fingerprint density at radius 1 is 1.25 bits per heavy atom. The van der Waals surface area contributed by atoms with Crippen molar-refractivity contribution in [1.29, 1.82) is 0 Å². The highest BCUT2D eigenvalue weighted by Crippen LogP contribution is 2.20. The molecule has 0 radical (unpaired) electrons. The lowest BCUT2D eigenvalue weighted by atomic mass is 10.0. The summed E-state index contributed by atoms with van der Waals surface area (Å²) in [7, 11) is 0. The fourth-order valence-electron chi connectivity index (χ4n) is 3.09. The number of rotatable bonds is 4. The summed E-state index contributed by atoms with van der Waals surface area (Å²) in [5, 5.41) is 2.96. The first-order valence-electron chi connectivity index (χ1n) is 8.56. The molecule has 0 spiro atoms. The third-order valence-electron chi connectivity index (χ3n) is 4.50. The van der Waals surface area contributed by atoms with Gasteiger partial charge in [0.2, 0.25) is 0 Å². The summed E-state index contributed by atoms with van der Waals surface area (Å²) in [5.74, 6) is 1.34. The predicted molar refractivity (Wildman–Crippen MR) is 95.0 cm³/mol. The molecule has 1 aliphatic heterocycles. The number of nitrogens with zero attached hydrogens (tertiary/aromatic N) is 3. The van der Waals surface area contributed by atoms with Crippen LogP contribution in [0.3, 0.4) is 0 Å². The number of carbonyl (C=O) groups excluding carboxylic acids is 1. The summed E-state index contributed by atoms with van der Waals surface area (Å²) in [6, 6.07) is 9.82. The summed E-state index contributed by atoms with van der Waals surface area (Å²) in [6.45, 7) is 6.23. The molecule has 3 rings (SSSR count). The molecule has 2 heterocycles. The van der Waals surface area contributed by atoms with Crippen molar-refractivity contribution in [2.75, 3.05) is 18.0 Å². The van der Waals surface area contributed by atoms with E-state index in [-0.39, 0.29) is 11.9 Å². The Morgan fingerprint density at radius 2 is 2.04 bits per heavy atom. The van der Waals surface area contributed by atoms with Crippen molar-refractivity contribution in [3.63, 3.8) is 0 Å². The molecular formula is C19H24N4O. The number of amides is 1. The first-order valence-corrected chi connectivity index (χ1v) is 8.56. The molecule has 5 heteroatoms. The maximum atomic E-state index is 12.3. The second kappa shape index (κ2) is 7.43. The summed E-state index contributed by atoms with van der Waals surface area (Å²) in [4.78, 5) is 23.3. The SMILES string of the molecule is CC1CCCN(c2cnc(C(=O)NC(C)c3ccccc3)cn2)C1. The molecule has 126 valence electrons. The normalized spacial score (nSPS) is 18.9. The van der Waals surface area contributed by atoms with Crippen LogP contribution in [0.4, 0.5) is 5.82 Å². The second-order valence-electron chi connectivity index (χ2n) is 6.56. The van der Waals surface area contributed by atoms with Crippen molar-refractivity contribution in [3.8, 4) is 0 Å². The molecule has 2 aromatic rings. The van der Waals surface area contributed by atoms with Crippen molar-refractivity contribution in [1.82, 2.24) is 15.3 Å². The number of carbonyl (C=O) groups is 1. The molecule has 0 saturated carbocycles. The van der Waals surface area contributed by atoms with Gasteiger partial charge in [0.25, 0.3) is 5.91 Å². The van der Waals surface area contributed by atoms with Crippen molar-refractivity contribution in [2.45, 2.75) is 32.7 Å². The van der Waals surface area contributed by atoms with Crippen LogP contribution in [0.25, 0.3) is 0 Å². The topological polar surface area (TPSA) is 58.1 Å². The largest absolute Gasteiger partial charge is 0.355 e. The third-order valence-corrected chi connectivity index (χ3v) is 4.50. The van der Waals surface area contributed by atoms with Crippen molar-refractivity contribution < 1.29 is 4.79 Å². The van der Waals surface area contributed by atoms with Gasteiger partial charge in [-0.1, -0.05) is 37.3 Å². The van der Waals surface area contributed by atoms with Crippen molar-refractivity contribution in [3.05, 3.63) is 54.0 Å². The molecule has 1 fully saturated rings. The maximum absolute atomic E-state index is 12.3. The van der Waals surface area contributed by atoms with Crippen molar-refractivity contribution in [2.24, 2.45) is 5.92 Å². The number of hydrogen-bond donors (Lipinski definition) is 1. The average molecular weight is 324 g/mol. The molecule has 1 aromatic heterocycles. The average Bonchev–Trinajstić information content (AvgIpc) is 2.62. The summed E-state index contributed by atoms with van der Waals surface area (Å²) >= 11 is 0. The van der Waals surface area contributed by atoms with Crippen molar-refractivity contribution >= 4 is 11.7 Å². The molecule has 0 bridgehead atoms. The maximum Gasteiger partial charge on any atom is 0.271 e. The molecule has 1 N–H and O–H groups in total. The smallest absolute Gasteiger partial charge is 0.271 e. The first kappa shape index (κ1) is 16.4. The van der Waals surface area contributed by atoms with E-state index in [2.05, 4.69) is 27.1 Å². The van der Waals surface area contributed by atoms with E-state index in [4.69, 9.17) is 0 Å². The van der Waals surface area contributed by atoms with Gasteiger partial charge in [-0.15, -0.1) is 0 Å². The number of aromatic nitrogens is 2. The summed E-state index contributed by atoms with van der Waals surface area (Å²) in [5.41, 5.74) is 1.42. The van der Waals surface area contributed by atoms with E-state index in [1.54, 1.807) is 12.4 Å². The first-order chi connectivity index (χ1) is 11.6. The third kappa shape index (κ3) is 3.91. The number of piperidine rings is 1. The van der Waals surface area contributed by atoms with Gasteiger partial charge < -0.3 is 10.2 Å². The fraction of sp³-hybridized carbons (Fsp3) is 0.421. The van der Waals surface area contributed by atoms with Gasteiger partial charge in [0.15, 0.2) is 0 Å². The molecule has 24 heavy (non-hydrogen) atoms. The number of nitrogens with one attached hydrogen (secondary N) is 1. The minimum absolute atomic E-state index is 0.0666. The monoisotopic (exact) mass is 324 g/mol. The van der Waals surface area contributed by atoms with Gasteiger partial charge in [-0.3, -0.25) is 4.79 Å². The molecule has 1 saturated heterocycles. The van der Waals surface area contributed by atoms with Crippen LogP contribution in [-0.4, -0.2) is 29.0 Å². The molecule has 0 aliphatic carbocycles. The van der Waals surface area contributed by atoms with Gasteiger partial charge in [-0.2, -0.15) is 0 Å². The molecule has 2 unspecified atom stereocenters. The van der Waals surface area contributed by atoms with E-state index in [1.165, 1.54) is 12.8 Å². The lowest BCUT2D eigenvalue weighted by molar-refractivity contribution is 0.0934. The van der Waals surface area contributed by atoms with Gasteiger partial charge in [0, 0.05) is 13.1 Å². The van der Waals surface area contributed by atoms with Gasteiger partial charge in [-0.05, 0) is 31.2 Å². The zero-order chi connectivity index (χ0) is 16.9. The predicted octanol–water partition coefficient (Wildman–Crippen LogP) is 3.20. The van der Waals surface area contributed by atoms with E-state index in [0.717, 1.165) is 24.5 Å². The lowest BCUT2D eigenvalue weighted by Crippen LogP contribution is -2.35. The van der Waals surface area contributed by atoms with E-state index < -0.39 is 0 Å². The molecule has 2 atom stereocenters. The van der Waals surface area contributed by atoms with Gasteiger partial charge in [-0.25, -0.2) is 9.97 Å². The van der Waals surface area contributed by atoms with Crippen LogP contribution >= 0.6 is 0 Å². The van der Waals surface area contributed by atoms with Crippen LogP contribution in [-0.2, 0) is 0 Å². The van der Waals surface area contributed by atoms with E-state index in [9.17, 15) is 4.79 Å². The molecule has 1 aliphatic rings. The Bertz CT molecular complexity index is 672. The fourth-order valence-corrected chi connectivity index (χ4v) is 3.09. The Hall–Kier alpha value is -2.43. The highest BCUT2D eigenvalue weighted by Gasteiger charge is 2.19.